The Balaban J connectivity index is 1.93. The zero-order chi connectivity index (χ0) is 19.1. The predicted molar refractivity (Wildman–Crippen MR) is 98.8 cm³/mol. The van der Waals surface area contributed by atoms with E-state index in [4.69, 9.17) is 10.5 Å². The van der Waals surface area contributed by atoms with E-state index in [2.05, 4.69) is 18.7 Å². The first-order chi connectivity index (χ1) is 12.5. The number of ether oxygens (including phenoxy) is 1. The fraction of sp³-hybridized carbons (Fsp3) is 0.526. The number of rotatable bonds is 7. The van der Waals surface area contributed by atoms with Crippen LogP contribution < -0.4 is 10.6 Å². The van der Waals surface area contributed by atoms with Crippen LogP contribution in [-0.4, -0.2) is 55.0 Å². The van der Waals surface area contributed by atoms with E-state index < -0.39 is 17.9 Å². The maximum absolute atomic E-state index is 12.3. The number of anilines is 1. The fourth-order valence-electron chi connectivity index (χ4n) is 3.22. The van der Waals surface area contributed by atoms with Crippen LogP contribution in [0.4, 0.5) is 5.69 Å². The zero-order valence-corrected chi connectivity index (χ0v) is 15.4. The summed E-state index contributed by atoms with van der Waals surface area (Å²) in [5, 5.41) is 0. The average Bonchev–Trinajstić information content (AvgIpc) is 2.67. The molecule has 2 amide bonds. The number of amides is 2. The monoisotopic (exact) mass is 361 g/mol. The Morgan fingerprint density at radius 3 is 2.38 bits per heavy atom. The van der Waals surface area contributed by atoms with Crippen LogP contribution in [-0.2, 0) is 14.3 Å². The number of esters is 1. The van der Waals surface area contributed by atoms with Gasteiger partial charge < -0.3 is 20.3 Å². The SMILES string of the molecule is CCN(CC)c1ccc(C(=O)OCC(=O)N2CCCC[C@H]2C(N)=O)cc1. The first-order valence-corrected chi connectivity index (χ1v) is 9.08. The van der Waals surface area contributed by atoms with Gasteiger partial charge in [-0.15, -0.1) is 0 Å². The minimum Gasteiger partial charge on any atom is -0.452 e. The highest BCUT2D eigenvalue weighted by atomic mass is 16.5. The summed E-state index contributed by atoms with van der Waals surface area (Å²) in [6.45, 7) is 5.97. The van der Waals surface area contributed by atoms with Crippen molar-refractivity contribution in [3.8, 4) is 0 Å². The lowest BCUT2D eigenvalue weighted by Crippen LogP contribution is -2.51. The van der Waals surface area contributed by atoms with E-state index in [1.165, 1.54) is 4.90 Å². The Hall–Kier alpha value is -2.57. The van der Waals surface area contributed by atoms with Gasteiger partial charge in [0, 0.05) is 25.3 Å². The van der Waals surface area contributed by atoms with Crippen LogP contribution in [0.25, 0.3) is 0 Å². The van der Waals surface area contributed by atoms with Crippen molar-refractivity contribution >= 4 is 23.5 Å². The molecule has 0 bridgehead atoms. The number of carbonyl (C=O) groups is 3. The standard InChI is InChI=1S/C19H27N3O4/c1-3-21(4-2)15-10-8-14(9-11-15)19(25)26-13-17(23)22-12-6-5-7-16(22)18(20)24/h8-11,16H,3-7,12-13H2,1-2H3,(H2,20,24)/t16-/m0/s1. The summed E-state index contributed by atoms with van der Waals surface area (Å²) in [5.41, 5.74) is 6.78. The van der Waals surface area contributed by atoms with Crippen molar-refractivity contribution < 1.29 is 19.1 Å². The molecule has 0 unspecified atom stereocenters. The van der Waals surface area contributed by atoms with Crippen LogP contribution in [0.3, 0.4) is 0 Å². The number of hydrogen-bond donors (Lipinski definition) is 1. The van der Waals surface area contributed by atoms with E-state index >= 15 is 0 Å². The van der Waals surface area contributed by atoms with Gasteiger partial charge in [-0.25, -0.2) is 4.79 Å². The highest BCUT2D eigenvalue weighted by molar-refractivity contribution is 5.92. The summed E-state index contributed by atoms with van der Waals surface area (Å²) >= 11 is 0. The zero-order valence-electron chi connectivity index (χ0n) is 15.4. The highest BCUT2D eigenvalue weighted by Gasteiger charge is 2.31. The first kappa shape index (κ1) is 19.8. The minimum atomic E-state index is -0.608. The van der Waals surface area contributed by atoms with E-state index in [-0.39, 0.29) is 12.5 Å². The predicted octanol–water partition coefficient (Wildman–Crippen LogP) is 1.56. The lowest BCUT2D eigenvalue weighted by Gasteiger charge is -2.33. The lowest BCUT2D eigenvalue weighted by atomic mass is 10.0. The van der Waals surface area contributed by atoms with Gasteiger partial charge >= 0.3 is 5.97 Å². The Kier molecular flexibility index (Phi) is 7.00. The molecule has 0 saturated carbocycles. The molecule has 1 aliphatic rings. The molecule has 1 aromatic rings. The second-order valence-electron chi connectivity index (χ2n) is 6.30. The molecule has 1 aliphatic heterocycles. The molecule has 7 nitrogen and oxygen atoms in total. The van der Waals surface area contributed by atoms with Crippen LogP contribution in [0.2, 0.25) is 0 Å². The Morgan fingerprint density at radius 2 is 1.81 bits per heavy atom. The molecule has 0 aromatic heterocycles. The van der Waals surface area contributed by atoms with E-state index in [0.29, 0.717) is 18.5 Å². The second-order valence-corrected chi connectivity index (χ2v) is 6.30. The van der Waals surface area contributed by atoms with E-state index in [9.17, 15) is 14.4 Å². The van der Waals surface area contributed by atoms with Crippen molar-refractivity contribution in [3.05, 3.63) is 29.8 Å². The molecule has 7 heteroatoms. The van der Waals surface area contributed by atoms with Crippen molar-refractivity contribution in [3.63, 3.8) is 0 Å². The van der Waals surface area contributed by atoms with Crippen molar-refractivity contribution in [1.82, 2.24) is 4.90 Å². The number of likely N-dealkylation sites (tertiary alicyclic amines) is 1. The van der Waals surface area contributed by atoms with E-state index in [1.807, 2.05) is 12.1 Å². The first-order valence-electron chi connectivity index (χ1n) is 9.08. The van der Waals surface area contributed by atoms with Gasteiger partial charge in [-0.3, -0.25) is 9.59 Å². The van der Waals surface area contributed by atoms with Crippen LogP contribution in [0.15, 0.2) is 24.3 Å². The topological polar surface area (TPSA) is 92.9 Å². The number of piperidine rings is 1. The van der Waals surface area contributed by atoms with Crippen LogP contribution in [0.5, 0.6) is 0 Å². The summed E-state index contributed by atoms with van der Waals surface area (Å²) in [7, 11) is 0. The molecule has 0 radical (unpaired) electrons. The normalized spacial score (nSPS) is 16.8. The second kappa shape index (κ2) is 9.22. The molecule has 142 valence electrons. The van der Waals surface area contributed by atoms with Crippen LogP contribution >= 0.6 is 0 Å². The molecule has 1 saturated heterocycles. The summed E-state index contributed by atoms with van der Waals surface area (Å²) in [4.78, 5) is 39.5. The van der Waals surface area contributed by atoms with Crippen LogP contribution in [0, 0.1) is 0 Å². The number of primary amides is 1. The molecule has 1 aromatic carbocycles. The summed E-state index contributed by atoms with van der Waals surface area (Å²) < 4.78 is 5.13. The quantitative estimate of drug-likeness (QED) is 0.744. The van der Waals surface area contributed by atoms with Gasteiger partial charge in [-0.1, -0.05) is 0 Å². The number of carbonyl (C=O) groups excluding carboxylic acids is 3. The van der Waals surface area contributed by atoms with Gasteiger partial charge in [-0.05, 0) is 57.4 Å². The van der Waals surface area contributed by atoms with Crippen molar-refractivity contribution in [1.29, 1.82) is 0 Å². The highest BCUT2D eigenvalue weighted by Crippen LogP contribution is 2.18. The summed E-state index contributed by atoms with van der Waals surface area (Å²) in [6.07, 6.45) is 2.23. The number of benzene rings is 1. The van der Waals surface area contributed by atoms with E-state index in [0.717, 1.165) is 31.6 Å². The van der Waals surface area contributed by atoms with Gasteiger partial charge in [0.25, 0.3) is 5.91 Å². The van der Waals surface area contributed by atoms with E-state index in [1.54, 1.807) is 12.1 Å². The molecular formula is C19H27N3O4. The summed E-state index contributed by atoms with van der Waals surface area (Å²) in [5.74, 6) is -1.46. The lowest BCUT2D eigenvalue weighted by molar-refractivity contribution is -0.143. The minimum absolute atomic E-state index is 0.387. The van der Waals surface area contributed by atoms with Gasteiger partial charge in [0.05, 0.1) is 5.56 Å². The van der Waals surface area contributed by atoms with Gasteiger partial charge in [0.15, 0.2) is 6.61 Å². The Morgan fingerprint density at radius 1 is 1.15 bits per heavy atom. The molecule has 1 atom stereocenters. The molecule has 26 heavy (non-hydrogen) atoms. The molecular weight excluding hydrogens is 334 g/mol. The maximum atomic E-state index is 12.3. The van der Waals surface area contributed by atoms with Crippen molar-refractivity contribution in [2.45, 2.75) is 39.2 Å². The average molecular weight is 361 g/mol. The smallest absolute Gasteiger partial charge is 0.338 e. The molecule has 0 spiro atoms. The number of hydrogen-bond acceptors (Lipinski definition) is 5. The third-order valence-electron chi connectivity index (χ3n) is 4.71. The number of nitrogens with zero attached hydrogens (tertiary/aromatic N) is 2. The molecule has 1 fully saturated rings. The third-order valence-corrected chi connectivity index (χ3v) is 4.71. The number of nitrogens with two attached hydrogens (primary N) is 1. The molecule has 2 N–H and O–H groups in total. The Labute approximate surface area is 154 Å². The molecule has 2 rings (SSSR count). The van der Waals surface area contributed by atoms with Crippen LogP contribution in [0.1, 0.15) is 43.5 Å². The van der Waals surface area contributed by atoms with Crippen molar-refractivity contribution in [2.24, 2.45) is 5.73 Å². The third kappa shape index (κ3) is 4.74. The Bertz CT molecular complexity index is 641. The molecule has 0 aliphatic carbocycles. The molecule has 1 heterocycles. The van der Waals surface area contributed by atoms with Crippen molar-refractivity contribution in [2.75, 3.05) is 31.1 Å². The van der Waals surface area contributed by atoms with Gasteiger partial charge in [0.2, 0.25) is 5.91 Å². The fourth-order valence-corrected chi connectivity index (χ4v) is 3.22. The summed E-state index contributed by atoms with van der Waals surface area (Å²) in [6, 6.07) is 6.49. The van der Waals surface area contributed by atoms with Gasteiger partial charge in [0.1, 0.15) is 6.04 Å². The largest absolute Gasteiger partial charge is 0.452 e. The maximum Gasteiger partial charge on any atom is 0.338 e. The van der Waals surface area contributed by atoms with Gasteiger partial charge in [-0.2, -0.15) is 0 Å².